The minimum absolute atomic E-state index is 0.113. The molecular formula is C14H19N3O3. The maximum Gasteiger partial charge on any atom is 0.276 e. The lowest BCUT2D eigenvalue weighted by molar-refractivity contribution is -0.139. The highest BCUT2D eigenvalue weighted by molar-refractivity contribution is 5.92. The number of aromatic nitrogens is 1. The fourth-order valence-electron chi connectivity index (χ4n) is 2.67. The number of amides is 2. The molecule has 2 fully saturated rings. The van der Waals surface area contributed by atoms with E-state index in [2.05, 4.69) is 5.16 Å². The third-order valence-electron chi connectivity index (χ3n) is 4.18. The average Bonchev–Trinajstić information content (AvgIpc) is 2.83. The summed E-state index contributed by atoms with van der Waals surface area (Å²) in [5.74, 6) is 1.01. The van der Waals surface area contributed by atoms with Crippen molar-refractivity contribution in [2.45, 2.75) is 26.2 Å². The molecule has 108 valence electrons. The number of aryl methyl sites for hydroxylation is 1. The van der Waals surface area contributed by atoms with E-state index in [1.165, 1.54) is 6.42 Å². The fraction of sp³-hybridized carbons (Fsp3) is 0.643. The fourth-order valence-corrected chi connectivity index (χ4v) is 2.67. The zero-order valence-electron chi connectivity index (χ0n) is 11.7. The summed E-state index contributed by atoms with van der Waals surface area (Å²) in [6.45, 7) is 4.15. The van der Waals surface area contributed by atoms with Crippen molar-refractivity contribution in [2.75, 3.05) is 26.2 Å². The van der Waals surface area contributed by atoms with Gasteiger partial charge in [0.2, 0.25) is 5.91 Å². The van der Waals surface area contributed by atoms with Crippen LogP contribution in [0.2, 0.25) is 0 Å². The van der Waals surface area contributed by atoms with E-state index in [0.29, 0.717) is 37.6 Å². The Morgan fingerprint density at radius 1 is 1.20 bits per heavy atom. The number of hydrogen-bond acceptors (Lipinski definition) is 4. The first-order chi connectivity index (χ1) is 9.65. The van der Waals surface area contributed by atoms with Crippen molar-refractivity contribution in [3.8, 4) is 0 Å². The molecule has 6 heteroatoms. The number of rotatable bonds is 2. The summed E-state index contributed by atoms with van der Waals surface area (Å²) in [6, 6.07) is 1.65. The summed E-state index contributed by atoms with van der Waals surface area (Å²) < 4.78 is 4.93. The van der Waals surface area contributed by atoms with Gasteiger partial charge in [-0.3, -0.25) is 9.59 Å². The molecule has 0 aromatic carbocycles. The predicted molar refractivity (Wildman–Crippen MR) is 71.1 cm³/mol. The van der Waals surface area contributed by atoms with Crippen molar-refractivity contribution in [1.82, 2.24) is 15.0 Å². The Labute approximate surface area is 117 Å². The number of carbonyl (C=O) groups is 2. The van der Waals surface area contributed by atoms with Crippen LogP contribution in [0.4, 0.5) is 0 Å². The smallest absolute Gasteiger partial charge is 0.276 e. The van der Waals surface area contributed by atoms with Gasteiger partial charge in [0.25, 0.3) is 5.91 Å². The van der Waals surface area contributed by atoms with Crippen molar-refractivity contribution >= 4 is 11.8 Å². The SMILES string of the molecule is Cc1cc(C(=O)N2CCN(C(=O)C3CCC3)CC2)no1. The highest BCUT2D eigenvalue weighted by Gasteiger charge is 2.32. The molecule has 3 rings (SSSR count). The molecule has 0 N–H and O–H groups in total. The molecule has 2 heterocycles. The van der Waals surface area contributed by atoms with Crippen molar-refractivity contribution in [3.05, 3.63) is 17.5 Å². The van der Waals surface area contributed by atoms with Crippen LogP contribution in [-0.4, -0.2) is 52.9 Å². The second-order valence-corrected chi connectivity index (χ2v) is 5.57. The maximum atomic E-state index is 12.2. The number of hydrogen-bond donors (Lipinski definition) is 0. The van der Waals surface area contributed by atoms with E-state index >= 15 is 0 Å². The molecule has 1 saturated carbocycles. The summed E-state index contributed by atoms with van der Waals surface area (Å²) in [5.41, 5.74) is 0.348. The Morgan fingerprint density at radius 3 is 2.35 bits per heavy atom. The zero-order valence-corrected chi connectivity index (χ0v) is 11.7. The molecule has 0 bridgehead atoms. The zero-order chi connectivity index (χ0) is 14.1. The Bertz CT molecular complexity index is 513. The van der Waals surface area contributed by atoms with Gasteiger partial charge in [-0.15, -0.1) is 0 Å². The Morgan fingerprint density at radius 2 is 1.85 bits per heavy atom. The van der Waals surface area contributed by atoms with Gasteiger partial charge in [-0.1, -0.05) is 11.6 Å². The van der Waals surface area contributed by atoms with Crippen LogP contribution >= 0.6 is 0 Å². The molecule has 20 heavy (non-hydrogen) atoms. The lowest BCUT2D eigenvalue weighted by Crippen LogP contribution is -2.52. The van der Waals surface area contributed by atoms with E-state index in [0.717, 1.165) is 12.8 Å². The van der Waals surface area contributed by atoms with Gasteiger partial charge in [-0.25, -0.2) is 0 Å². The summed E-state index contributed by atoms with van der Waals surface area (Å²) in [5, 5.41) is 3.75. The van der Waals surface area contributed by atoms with E-state index in [-0.39, 0.29) is 17.7 Å². The lowest BCUT2D eigenvalue weighted by atomic mass is 9.84. The molecular weight excluding hydrogens is 258 g/mol. The molecule has 1 aromatic heterocycles. The molecule has 1 saturated heterocycles. The molecule has 0 unspecified atom stereocenters. The monoisotopic (exact) mass is 277 g/mol. The van der Waals surface area contributed by atoms with Crippen molar-refractivity contribution in [1.29, 1.82) is 0 Å². The molecule has 0 radical (unpaired) electrons. The first kappa shape index (κ1) is 13.1. The summed E-state index contributed by atoms with van der Waals surface area (Å²) in [4.78, 5) is 27.9. The first-order valence-corrected chi connectivity index (χ1v) is 7.16. The number of nitrogens with zero attached hydrogens (tertiary/aromatic N) is 3. The van der Waals surface area contributed by atoms with Gasteiger partial charge in [-0.05, 0) is 19.8 Å². The first-order valence-electron chi connectivity index (χ1n) is 7.16. The minimum atomic E-state index is -0.113. The van der Waals surface area contributed by atoms with Crippen LogP contribution in [0.25, 0.3) is 0 Å². The second kappa shape index (κ2) is 5.26. The molecule has 2 aliphatic rings. The lowest BCUT2D eigenvalue weighted by Gasteiger charge is -2.38. The van der Waals surface area contributed by atoms with E-state index in [1.54, 1.807) is 17.9 Å². The quantitative estimate of drug-likeness (QED) is 0.811. The van der Waals surface area contributed by atoms with Gasteiger partial charge >= 0.3 is 0 Å². The van der Waals surface area contributed by atoms with Crippen LogP contribution in [0.1, 0.15) is 35.5 Å². The van der Waals surface area contributed by atoms with Crippen LogP contribution in [0.5, 0.6) is 0 Å². The van der Waals surface area contributed by atoms with Gasteiger partial charge in [0.15, 0.2) is 5.69 Å². The summed E-state index contributed by atoms with van der Waals surface area (Å²) in [6.07, 6.45) is 3.22. The molecule has 0 atom stereocenters. The Hall–Kier alpha value is -1.85. The van der Waals surface area contributed by atoms with Crippen LogP contribution in [0.15, 0.2) is 10.6 Å². The van der Waals surface area contributed by atoms with Crippen LogP contribution < -0.4 is 0 Å². The van der Waals surface area contributed by atoms with Gasteiger partial charge in [0.05, 0.1) is 0 Å². The van der Waals surface area contributed by atoms with Crippen molar-refractivity contribution in [3.63, 3.8) is 0 Å². The maximum absolute atomic E-state index is 12.2. The number of piperazine rings is 1. The molecule has 6 nitrogen and oxygen atoms in total. The normalized spacial score (nSPS) is 19.9. The van der Waals surface area contributed by atoms with Crippen LogP contribution in [0.3, 0.4) is 0 Å². The Kier molecular flexibility index (Phi) is 3.46. The van der Waals surface area contributed by atoms with E-state index in [9.17, 15) is 9.59 Å². The van der Waals surface area contributed by atoms with E-state index < -0.39 is 0 Å². The largest absolute Gasteiger partial charge is 0.361 e. The summed E-state index contributed by atoms with van der Waals surface area (Å²) >= 11 is 0. The van der Waals surface area contributed by atoms with Crippen LogP contribution in [-0.2, 0) is 4.79 Å². The Balaban J connectivity index is 1.55. The highest BCUT2D eigenvalue weighted by atomic mass is 16.5. The number of carbonyl (C=O) groups excluding carboxylic acids is 2. The molecule has 0 spiro atoms. The minimum Gasteiger partial charge on any atom is -0.361 e. The van der Waals surface area contributed by atoms with Gasteiger partial charge < -0.3 is 14.3 Å². The molecule has 1 aliphatic heterocycles. The van der Waals surface area contributed by atoms with Gasteiger partial charge in [0.1, 0.15) is 5.76 Å². The van der Waals surface area contributed by atoms with E-state index in [1.807, 2.05) is 4.90 Å². The topological polar surface area (TPSA) is 66.7 Å². The van der Waals surface area contributed by atoms with Crippen LogP contribution in [0, 0.1) is 12.8 Å². The van der Waals surface area contributed by atoms with Crippen molar-refractivity contribution < 1.29 is 14.1 Å². The molecule has 1 aromatic rings. The van der Waals surface area contributed by atoms with Gasteiger partial charge in [0, 0.05) is 38.2 Å². The van der Waals surface area contributed by atoms with E-state index in [4.69, 9.17) is 4.52 Å². The third-order valence-corrected chi connectivity index (χ3v) is 4.18. The average molecular weight is 277 g/mol. The predicted octanol–water partition coefficient (Wildman–Crippen LogP) is 1.07. The standard InChI is InChI=1S/C14H19N3O3/c1-10-9-12(15-20-10)14(19)17-7-5-16(6-8-17)13(18)11-3-2-4-11/h9,11H,2-8H2,1H3. The van der Waals surface area contributed by atoms with Crippen molar-refractivity contribution in [2.24, 2.45) is 5.92 Å². The second-order valence-electron chi connectivity index (χ2n) is 5.57. The molecule has 2 amide bonds. The highest BCUT2D eigenvalue weighted by Crippen LogP contribution is 2.28. The third kappa shape index (κ3) is 2.42. The summed E-state index contributed by atoms with van der Waals surface area (Å²) in [7, 11) is 0. The molecule has 1 aliphatic carbocycles. The van der Waals surface area contributed by atoms with Gasteiger partial charge in [-0.2, -0.15) is 0 Å².